The van der Waals surface area contributed by atoms with Gasteiger partial charge in [-0.05, 0) is 32.1 Å². The molecule has 0 amide bonds. The summed E-state index contributed by atoms with van der Waals surface area (Å²) >= 11 is 0. The molecule has 0 aromatic carbocycles. The number of hydrogen-bond donors (Lipinski definition) is 2. The molecule has 2 saturated carbocycles. The average molecular weight is 185 g/mol. The number of aliphatic hydroxyl groups excluding tert-OH is 2. The molecule has 0 unspecified atom stereocenters. The first-order valence-corrected chi connectivity index (χ1v) is 5.37. The Kier molecular flexibility index (Phi) is 2.86. The molecule has 2 aliphatic rings. The van der Waals surface area contributed by atoms with E-state index >= 15 is 0 Å². The molecule has 0 aromatic rings. The van der Waals surface area contributed by atoms with Gasteiger partial charge in [0.05, 0.1) is 12.7 Å². The Labute approximate surface area is 79.4 Å². The predicted molar refractivity (Wildman–Crippen MR) is 50.5 cm³/mol. The van der Waals surface area contributed by atoms with Gasteiger partial charge in [-0.15, -0.1) is 0 Å². The molecule has 0 aromatic heterocycles. The summed E-state index contributed by atoms with van der Waals surface area (Å²) in [5.74, 6) is 0. The second-order valence-corrected chi connectivity index (χ2v) is 4.26. The zero-order valence-electron chi connectivity index (χ0n) is 8.02. The van der Waals surface area contributed by atoms with Crippen molar-refractivity contribution >= 4 is 0 Å². The van der Waals surface area contributed by atoms with Crippen molar-refractivity contribution in [2.24, 2.45) is 0 Å². The lowest BCUT2D eigenvalue weighted by molar-refractivity contribution is 0.0542. The van der Waals surface area contributed by atoms with Gasteiger partial charge in [-0.1, -0.05) is 0 Å². The van der Waals surface area contributed by atoms with Gasteiger partial charge in [-0.25, -0.2) is 0 Å². The normalized spacial score (nSPS) is 34.4. The molecule has 2 fully saturated rings. The molecule has 2 atom stereocenters. The lowest BCUT2D eigenvalue weighted by Crippen LogP contribution is -2.43. The van der Waals surface area contributed by atoms with Gasteiger partial charge in [0.15, 0.2) is 0 Å². The van der Waals surface area contributed by atoms with Crippen molar-refractivity contribution in [2.45, 2.75) is 50.3 Å². The SMILES string of the molecule is OCCN(C1CC1)[C@@H]1CCC[C@H]1O. The number of aliphatic hydroxyl groups is 2. The zero-order chi connectivity index (χ0) is 9.26. The van der Waals surface area contributed by atoms with Gasteiger partial charge >= 0.3 is 0 Å². The number of nitrogens with zero attached hydrogens (tertiary/aromatic N) is 1. The van der Waals surface area contributed by atoms with Gasteiger partial charge < -0.3 is 10.2 Å². The standard InChI is InChI=1S/C10H19NO2/c12-7-6-11(8-4-5-8)9-2-1-3-10(9)13/h8-10,12-13H,1-7H2/t9-,10-/m1/s1. The Balaban J connectivity index is 1.92. The fourth-order valence-electron chi connectivity index (χ4n) is 2.45. The average Bonchev–Trinajstić information content (AvgIpc) is 2.86. The first-order valence-electron chi connectivity index (χ1n) is 5.37. The van der Waals surface area contributed by atoms with Crippen LogP contribution < -0.4 is 0 Å². The summed E-state index contributed by atoms with van der Waals surface area (Å²) in [6.45, 7) is 0.964. The molecule has 0 aliphatic heterocycles. The Morgan fingerprint density at radius 3 is 2.38 bits per heavy atom. The quantitative estimate of drug-likeness (QED) is 0.664. The van der Waals surface area contributed by atoms with Crippen LogP contribution in [-0.2, 0) is 0 Å². The van der Waals surface area contributed by atoms with Crippen molar-refractivity contribution in [1.29, 1.82) is 0 Å². The molecule has 2 aliphatic carbocycles. The molecule has 0 radical (unpaired) electrons. The van der Waals surface area contributed by atoms with Crippen LogP contribution in [0.4, 0.5) is 0 Å². The van der Waals surface area contributed by atoms with Crippen LogP contribution in [0.2, 0.25) is 0 Å². The van der Waals surface area contributed by atoms with Crippen molar-refractivity contribution < 1.29 is 10.2 Å². The Morgan fingerprint density at radius 1 is 1.15 bits per heavy atom. The maximum Gasteiger partial charge on any atom is 0.0695 e. The van der Waals surface area contributed by atoms with E-state index in [9.17, 15) is 5.11 Å². The smallest absolute Gasteiger partial charge is 0.0695 e. The lowest BCUT2D eigenvalue weighted by atomic mass is 10.1. The van der Waals surface area contributed by atoms with E-state index in [0.29, 0.717) is 12.1 Å². The molecule has 0 bridgehead atoms. The number of hydrogen-bond acceptors (Lipinski definition) is 3. The van der Waals surface area contributed by atoms with E-state index in [-0.39, 0.29) is 12.7 Å². The largest absolute Gasteiger partial charge is 0.395 e. The van der Waals surface area contributed by atoms with E-state index in [4.69, 9.17) is 5.11 Å². The van der Waals surface area contributed by atoms with E-state index < -0.39 is 0 Å². The fraction of sp³-hybridized carbons (Fsp3) is 1.00. The third kappa shape index (κ3) is 2.03. The zero-order valence-corrected chi connectivity index (χ0v) is 8.02. The summed E-state index contributed by atoms with van der Waals surface area (Å²) in [5, 5.41) is 18.7. The third-order valence-electron chi connectivity index (χ3n) is 3.24. The molecule has 0 saturated heterocycles. The molecular formula is C10H19NO2. The predicted octanol–water partition coefficient (Wildman–Crippen LogP) is 0.356. The summed E-state index contributed by atoms with van der Waals surface area (Å²) in [5.41, 5.74) is 0. The molecular weight excluding hydrogens is 166 g/mol. The van der Waals surface area contributed by atoms with Gasteiger partial charge in [-0.3, -0.25) is 4.90 Å². The third-order valence-corrected chi connectivity index (χ3v) is 3.24. The first-order chi connectivity index (χ1) is 6.33. The highest BCUT2D eigenvalue weighted by atomic mass is 16.3. The summed E-state index contributed by atoms with van der Waals surface area (Å²) < 4.78 is 0. The van der Waals surface area contributed by atoms with Crippen LogP contribution in [0.15, 0.2) is 0 Å². The minimum atomic E-state index is -0.146. The fourth-order valence-corrected chi connectivity index (χ4v) is 2.45. The summed E-state index contributed by atoms with van der Waals surface area (Å²) in [7, 11) is 0. The maximum absolute atomic E-state index is 9.74. The van der Waals surface area contributed by atoms with Crippen LogP contribution in [0, 0.1) is 0 Å². The van der Waals surface area contributed by atoms with Gasteiger partial charge in [0.2, 0.25) is 0 Å². The summed E-state index contributed by atoms with van der Waals surface area (Å²) in [6, 6.07) is 0.990. The van der Waals surface area contributed by atoms with Crippen molar-refractivity contribution in [2.75, 3.05) is 13.2 Å². The van der Waals surface area contributed by atoms with Crippen molar-refractivity contribution in [3.05, 3.63) is 0 Å². The summed E-state index contributed by atoms with van der Waals surface area (Å²) in [4.78, 5) is 2.32. The lowest BCUT2D eigenvalue weighted by Gasteiger charge is -2.30. The van der Waals surface area contributed by atoms with Crippen LogP contribution in [0.3, 0.4) is 0 Å². The highest BCUT2D eigenvalue weighted by molar-refractivity contribution is 4.93. The second kappa shape index (κ2) is 3.95. The molecule has 13 heavy (non-hydrogen) atoms. The van der Waals surface area contributed by atoms with Crippen molar-refractivity contribution in [1.82, 2.24) is 4.90 Å². The van der Waals surface area contributed by atoms with Crippen molar-refractivity contribution in [3.63, 3.8) is 0 Å². The molecule has 0 heterocycles. The Morgan fingerprint density at radius 2 is 1.92 bits per heavy atom. The molecule has 76 valence electrons. The Bertz CT molecular complexity index is 170. The van der Waals surface area contributed by atoms with Crippen LogP contribution in [0.1, 0.15) is 32.1 Å². The molecule has 2 N–H and O–H groups in total. The monoisotopic (exact) mass is 185 g/mol. The summed E-state index contributed by atoms with van der Waals surface area (Å²) in [6.07, 6.45) is 5.55. The van der Waals surface area contributed by atoms with Gasteiger partial charge in [0.25, 0.3) is 0 Å². The van der Waals surface area contributed by atoms with E-state index in [1.807, 2.05) is 0 Å². The topological polar surface area (TPSA) is 43.7 Å². The molecule has 0 spiro atoms. The van der Waals surface area contributed by atoms with E-state index in [1.54, 1.807) is 0 Å². The highest BCUT2D eigenvalue weighted by Gasteiger charge is 2.38. The maximum atomic E-state index is 9.74. The van der Waals surface area contributed by atoms with Gasteiger partial charge in [0, 0.05) is 18.6 Å². The van der Waals surface area contributed by atoms with Crippen LogP contribution in [0.5, 0.6) is 0 Å². The molecule has 3 nitrogen and oxygen atoms in total. The van der Waals surface area contributed by atoms with Crippen LogP contribution >= 0.6 is 0 Å². The van der Waals surface area contributed by atoms with E-state index in [0.717, 1.165) is 25.8 Å². The van der Waals surface area contributed by atoms with E-state index in [1.165, 1.54) is 12.8 Å². The van der Waals surface area contributed by atoms with E-state index in [2.05, 4.69) is 4.90 Å². The second-order valence-electron chi connectivity index (χ2n) is 4.26. The van der Waals surface area contributed by atoms with Crippen LogP contribution in [-0.4, -0.2) is 46.5 Å². The van der Waals surface area contributed by atoms with Crippen LogP contribution in [0.25, 0.3) is 0 Å². The van der Waals surface area contributed by atoms with Gasteiger partial charge in [-0.2, -0.15) is 0 Å². The van der Waals surface area contributed by atoms with Gasteiger partial charge in [0.1, 0.15) is 0 Å². The molecule has 3 heteroatoms. The minimum Gasteiger partial charge on any atom is -0.395 e. The Hall–Kier alpha value is -0.120. The number of rotatable bonds is 4. The van der Waals surface area contributed by atoms with Crippen molar-refractivity contribution in [3.8, 4) is 0 Å². The first kappa shape index (κ1) is 9.44. The minimum absolute atomic E-state index is 0.146. The highest BCUT2D eigenvalue weighted by Crippen LogP contribution is 2.34. The molecule has 2 rings (SSSR count).